The maximum Gasteiger partial charge on any atom is 0.317 e. The van der Waals surface area contributed by atoms with Crippen LogP contribution in [0.1, 0.15) is 10.4 Å². The minimum Gasteiger partial charge on any atom is -0.379 e. The number of thiophene rings is 1. The normalized spacial score (nSPS) is 15.4. The fraction of sp³-hybridized carbons (Fsp3) is 0.389. The van der Waals surface area contributed by atoms with Gasteiger partial charge in [0.1, 0.15) is 4.21 Å². The summed E-state index contributed by atoms with van der Waals surface area (Å²) in [5, 5.41) is 2.83. The van der Waals surface area contributed by atoms with Crippen LogP contribution in [0.5, 0.6) is 0 Å². The molecule has 0 unspecified atom stereocenters. The predicted octanol–water partition coefficient (Wildman–Crippen LogP) is 2.11. The molecule has 2 heterocycles. The van der Waals surface area contributed by atoms with E-state index in [0.29, 0.717) is 43.6 Å². The smallest absolute Gasteiger partial charge is 0.317 e. The third kappa shape index (κ3) is 5.07. The Labute approximate surface area is 163 Å². The molecule has 7 nitrogen and oxygen atoms in total. The van der Waals surface area contributed by atoms with E-state index in [1.54, 1.807) is 24.1 Å². The summed E-state index contributed by atoms with van der Waals surface area (Å²) < 4.78 is 32.2. The van der Waals surface area contributed by atoms with Gasteiger partial charge in [0.2, 0.25) is 0 Å². The molecular weight excluding hydrogens is 386 g/mol. The Kier molecular flexibility index (Phi) is 6.48. The lowest BCUT2D eigenvalue weighted by molar-refractivity contribution is 0.0731. The highest BCUT2D eigenvalue weighted by Gasteiger charge is 2.27. The van der Waals surface area contributed by atoms with E-state index in [0.717, 1.165) is 10.4 Å². The van der Waals surface area contributed by atoms with Crippen molar-refractivity contribution in [1.82, 2.24) is 14.5 Å². The predicted molar refractivity (Wildman–Crippen MR) is 104 cm³/mol. The summed E-state index contributed by atoms with van der Waals surface area (Å²) in [7, 11) is -1.76. The first-order valence-electron chi connectivity index (χ1n) is 8.66. The molecule has 1 aromatic heterocycles. The zero-order chi connectivity index (χ0) is 19.3. The van der Waals surface area contributed by atoms with E-state index in [9.17, 15) is 13.2 Å². The highest BCUT2D eigenvalue weighted by Crippen LogP contribution is 2.25. The number of carbonyl (C=O) groups excluding carboxylic acids is 1. The highest BCUT2D eigenvalue weighted by molar-refractivity contribution is 7.91. The van der Waals surface area contributed by atoms with E-state index < -0.39 is 10.0 Å². The van der Waals surface area contributed by atoms with Crippen LogP contribution in [0.3, 0.4) is 0 Å². The van der Waals surface area contributed by atoms with Crippen LogP contribution >= 0.6 is 11.3 Å². The lowest BCUT2D eigenvalue weighted by Crippen LogP contribution is -2.40. The van der Waals surface area contributed by atoms with Crippen molar-refractivity contribution in [3.63, 3.8) is 0 Å². The number of amides is 2. The van der Waals surface area contributed by atoms with Gasteiger partial charge in [-0.1, -0.05) is 30.3 Å². The first-order valence-corrected chi connectivity index (χ1v) is 10.9. The molecule has 0 aliphatic carbocycles. The molecule has 0 atom stereocenters. The Hall–Kier alpha value is -1.94. The number of sulfonamides is 1. The molecule has 0 saturated carbocycles. The van der Waals surface area contributed by atoms with Gasteiger partial charge >= 0.3 is 6.03 Å². The fourth-order valence-electron chi connectivity index (χ4n) is 2.73. The number of nitrogens with zero attached hydrogens (tertiary/aromatic N) is 2. The van der Waals surface area contributed by atoms with Crippen LogP contribution in [0.4, 0.5) is 4.79 Å². The van der Waals surface area contributed by atoms with E-state index in [-0.39, 0.29) is 6.03 Å². The van der Waals surface area contributed by atoms with Crippen LogP contribution < -0.4 is 5.32 Å². The molecule has 2 amide bonds. The zero-order valence-electron chi connectivity index (χ0n) is 15.1. The van der Waals surface area contributed by atoms with Gasteiger partial charge in [-0.15, -0.1) is 11.3 Å². The maximum atomic E-state index is 12.6. The van der Waals surface area contributed by atoms with Crippen LogP contribution in [0.15, 0.2) is 46.7 Å². The van der Waals surface area contributed by atoms with Gasteiger partial charge in [-0.2, -0.15) is 4.31 Å². The third-order valence-corrected chi connectivity index (χ3v) is 7.68. The Bertz CT molecular complexity index is 862. The van der Waals surface area contributed by atoms with Gasteiger partial charge in [0.15, 0.2) is 0 Å². The molecule has 1 aromatic carbocycles. The van der Waals surface area contributed by atoms with Crippen molar-refractivity contribution in [3.8, 4) is 0 Å². The number of hydrogen-bond acceptors (Lipinski definition) is 5. The van der Waals surface area contributed by atoms with E-state index in [2.05, 4.69) is 5.32 Å². The van der Waals surface area contributed by atoms with Crippen molar-refractivity contribution < 1.29 is 17.9 Å². The minimum absolute atomic E-state index is 0.204. The summed E-state index contributed by atoms with van der Waals surface area (Å²) >= 11 is 1.19. The number of nitrogens with one attached hydrogen (secondary N) is 1. The minimum atomic E-state index is -3.49. The molecule has 1 aliphatic rings. The standard InChI is InChI=1S/C18H23N3O4S2/c1-20(14-15-5-3-2-4-6-15)18(22)19-13-16-7-8-17(26-16)27(23,24)21-9-11-25-12-10-21/h2-8H,9-14H2,1H3,(H,19,22). The molecule has 1 aliphatic heterocycles. The van der Waals surface area contributed by atoms with Gasteiger partial charge in [0.05, 0.1) is 19.8 Å². The van der Waals surface area contributed by atoms with Crippen LogP contribution in [-0.2, 0) is 27.8 Å². The highest BCUT2D eigenvalue weighted by atomic mass is 32.2. The lowest BCUT2D eigenvalue weighted by atomic mass is 10.2. The van der Waals surface area contributed by atoms with E-state index in [1.807, 2.05) is 30.3 Å². The molecule has 0 spiro atoms. The summed E-state index contributed by atoms with van der Waals surface area (Å²) in [4.78, 5) is 14.6. The van der Waals surface area contributed by atoms with Crippen molar-refractivity contribution in [2.45, 2.75) is 17.3 Å². The molecule has 0 bridgehead atoms. The van der Waals surface area contributed by atoms with Crippen molar-refractivity contribution in [1.29, 1.82) is 0 Å². The van der Waals surface area contributed by atoms with Crippen LogP contribution in [0, 0.1) is 0 Å². The second-order valence-electron chi connectivity index (χ2n) is 6.24. The maximum absolute atomic E-state index is 12.6. The molecule has 1 N–H and O–H groups in total. The average Bonchev–Trinajstić information content (AvgIpc) is 3.17. The lowest BCUT2D eigenvalue weighted by Gasteiger charge is -2.25. The molecule has 27 heavy (non-hydrogen) atoms. The number of benzene rings is 1. The number of carbonyl (C=O) groups is 1. The molecule has 146 valence electrons. The van der Waals surface area contributed by atoms with Crippen molar-refractivity contribution >= 4 is 27.4 Å². The van der Waals surface area contributed by atoms with E-state index >= 15 is 0 Å². The molecule has 9 heteroatoms. The van der Waals surface area contributed by atoms with Crippen molar-refractivity contribution in [2.75, 3.05) is 33.4 Å². The monoisotopic (exact) mass is 409 g/mol. The number of morpholine rings is 1. The summed E-state index contributed by atoms with van der Waals surface area (Å²) in [5.74, 6) is 0. The SMILES string of the molecule is CN(Cc1ccccc1)C(=O)NCc1ccc(S(=O)(=O)N2CCOCC2)s1. The molecule has 0 radical (unpaired) electrons. The number of hydrogen-bond donors (Lipinski definition) is 1. The van der Waals surface area contributed by atoms with Crippen LogP contribution in [-0.4, -0.2) is 57.0 Å². The third-order valence-electron chi connectivity index (χ3n) is 4.22. The van der Waals surface area contributed by atoms with Crippen molar-refractivity contribution in [2.24, 2.45) is 0 Å². The van der Waals surface area contributed by atoms with Gasteiger partial charge < -0.3 is 15.0 Å². The number of urea groups is 1. The zero-order valence-corrected chi connectivity index (χ0v) is 16.8. The van der Waals surface area contributed by atoms with Gasteiger partial charge in [0.25, 0.3) is 10.0 Å². The topological polar surface area (TPSA) is 79.0 Å². The molecule has 3 rings (SSSR count). The number of ether oxygens (including phenoxy) is 1. The second kappa shape index (κ2) is 8.83. The Morgan fingerprint density at radius 2 is 1.89 bits per heavy atom. The summed E-state index contributed by atoms with van der Waals surface area (Å²) in [5.41, 5.74) is 1.05. The number of rotatable bonds is 6. The average molecular weight is 410 g/mol. The van der Waals surface area contributed by atoms with Gasteiger partial charge in [-0.3, -0.25) is 0 Å². The molecule has 1 fully saturated rings. The van der Waals surface area contributed by atoms with Gasteiger partial charge in [0, 0.05) is 31.6 Å². The van der Waals surface area contributed by atoms with Gasteiger partial charge in [-0.05, 0) is 17.7 Å². The van der Waals surface area contributed by atoms with Gasteiger partial charge in [-0.25, -0.2) is 13.2 Å². The van der Waals surface area contributed by atoms with Crippen molar-refractivity contribution in [3.05, 3.63) is 52.9 Å². The first-order chi connectivity index (χ1) is 13.0. The van der Waals surface area contributed by atoms with E-state index in [1.165, 1.54) is 15.6 Å². The Morgan fingerprint density at radius 3 is 2.59 bits per heavy atom. The Morgan fingerprint density at radius 1 is 1.19 bits per heavy atom. The quantitative estimate of drug-likeness (QED) is 0.793. The van der Waals surface area contributed by atoms with Crippen LogP contribution in [0.2, 0.25) is 0 Å². The largest absolute Gasteiger partial charge is 0.379 e. The Balaban J connectivity index is 1.55. The fourth-order valence-corrected chi connectivity index (χ4v) is 5.59. The summed E-state index contributed by atoms with van der Waals surface area (Å²) in [6, 6.07) is 12.9. The van der Waals surface area contributed by atoms with E-state index in [4.69, 9.17) is 4.74 Å². The van der Waals surface area contributed by atoms with Crippen LogP contribution in [0.25, 0.3) is 0 Å². The summed E-state index contributed by atoms with van der Waals surface area (Å²) in [6.45, 7) is 2.38. The molecular formula is C18H23N3O4S2. The first kappa shape index (κ1) is 19.8. The summed E-state index contributed by atoms with van der Waals surface area (Å²) in [6.07, 6.45) is 0. The molecule has 1 saturated heterocycles. The second-order valence-corrected chi connectivity index (χ2v) is 9.57. The molecule has 2 aromatic rings.